The van der Waals surface area contributed by atoms with Crippen LogP contribution >= 0.6 is 0 Å². The van der Waals surface area contributed by atoms with Crippen LogP contribution in [0.2, 0.25) is 0 Å². The Kier molecular flexibility index (Phi) is 3.07. The number of methoxy groups -OCH3 is 1. The van der Waals surface area contributed by atoms with Crippen molar-refractivity contribution in [1.29, 1.82) is 0 Å². The van der Waals surface area contributed by atoms with Crippen molar-refractivity contribution in [3.63, 3.8) is 0 Å². The van der Waals surface area contributed by atoms with Crippen molar-refractivity contribution in [3.8, 4) is 5.75 Å². The third-order valence-electron chi connectivity index (χ3n) is 3.56. The molecule has 2 aromatic rings. The standard InChI is InChI=1S/C15H18N2O/c1-18-14-6-4-5-13-15(14)12(11-16-13)7-10-17-8-2-3-9-17/h2-6,11,16H,7-10H2,1H3. The summed E-state index contributed by atoms with van der Waals surface area (Å²) in [5.74, 6) is 0.961. The fourth-order valence-corrected chi connectivity index (χ4v) is 2.57. The SMILES string of the molecule is COc1cccc2[nH]cc(CCN3CC=CC3)c12. The minimum atomic E-state index is 0.961. The zero-order chi connectivity index (χ0) is 12.4. The van der Waals surface area contributed by atoms with Gasteiger partial charge in [-0.2, -0.15) is 0 Å². The van der Waals surface area contributed by atoms with Gasteiger partial charge in [-0.25, -0.2) is 0 Å². The van der Waals surface area contributed by atoms with E-state index in [0.29, 0.717) is 0 Å². The number of nitrogens with zero attached hydrogens (tertiary/aromatic N) is 1. The van der Waals surface area contributed by atoms with Crippen molar-refractivity contribution in [2.75, 3.05) is 26.7 Å². The fraction of sp³-hybridized carbons (Fsp3) is 0.333. The zero-order valence-electron chi connectivity index (χ0n) is 10.6. The monoisotopic (exact) mass is 242 g/mol. The number of benzene rings is 1. The molecule has 0 aliphatic carbocycles. The van der Waals surface area contributed by atoms with Crippen LogP contribution in [0.3, 0.4) is 0 Å². The molecule has 94 valence electrons. The summed E-state index contributed by atoms with van der Waals surface area (Å²) in [5.41, 5.74) is 2.50. The average Bonchev–Trinajstić information content (AvgIpc) is 3.05. The third-order valence-corrected chi connectivity index (χ3v) is 3.56. The van der Waals surface area contributed by atoms with Crippen LogP contribution < -0.4 is 4.74 Å². The molecule has 1 aliphatic rings. The molecule has 3 nitrogen and oxygen atoms in total. The van der Waals surface area contributed by atoms with Crippen LogP contribution in [-0.4, -0.2) is 36.6 Å². The molecule has 0 radical (unpaired) electrons. The van der Waals surface area contributed by atoms with Crippen molar-refractivity contribution in [1.82, 2.24) is 9.88 Å². The molecule has 0 saturated carbocycles. The Hall–Kier alpha value is -1.74. The number of H-pyrrole nitrogens is 1. The molecule has 1 N–H and O–H groups in total. The van der Waals surface area contributed by atoms with Gasteiger partial charge in [-0.3, -0.25) is 4.90 Å². The highest BCUT2D eigenvalue weighted by Crippen LogP contribution is 2.28. The van der Waals surface area contributed by atoms with Crippen LogP contribution in [0.15, 0.2) is 36.5 Å². The third kappa shape index (κ3) is 2.02. The van der Waals surface area contributed by atoms with Gasteiger partial charge in [-0.05, 0) is 24.1 Å². The Balaban J connectivity index is 1.82. The van der Waals surface area contributed by atoms with E-state index in [2.05, 4.69) is 34.3 Å². The van der Waals surface area contributed by atoms with Crippen LogP contribution in [0.5, 0.6) is 5.75 Å². The van der Waals surface area contributed by atoms with Gasteiger partial charge in [0.15, 0.2) is 0 Å². The van der Waals surface area contributed by atoms with Crippen molar-refractivity contribution in [3.05, 3.63) is 42.1 Å². The summed E-state index contributed by atoms with van der Waals surface area (Å²) in [4.78, 5) is 5.76. The number of fused-ring (bicyclic) bond motifs is 1. The zero-order valence-corrected chi connectivity index (χ0v) is 10.6. The number of aromatic nitrogens is 1. The van der Waals surface area contributed by atoms with E-state index >= 15 is 0 Å². The van der Waals surface area contributed by atoms with Crippen LogP contribution in [-0.2, 0) is 6.42 Å². The molecule has 0 atom stereocenters. The number of ether oxygens (including phenoxy) is 1. The first-order valence-corrected chi connectivity index (χ1v) is 6.39. The molecule has 0 amide bonds. The lowest BCUT2D eigenvalue weighted by Crippen LogP contribution is -2.22. The molecule has 18 heavy (non-hydrogen) atoms. The maximum Gasteiger partial charge on any atom is 0.128 e. The van der Waals surface area contributed by atoms with Gasteiger partial charge in [0.2, 0.25) is 0 Å². The highest BCUT2D eigenvalue weighted by molar-refractivity contribution is 5.89. The second-order valence-electron chi connectivity index (χ2n) is 4.68. The van der Waals surface area contributed by atoms with E-state index in [1.807, 2.05) is 12.1 Å². The lowest BCUT2D eigenvalue weighted by molar-refractivity contribution is 0.357. The van der Waals surface area contributed by atoms with Gasteiger partial charge in [0.25, 0.3) is 0 Å². The molecule has 0 spiro atoms. The summed E-state index contributed by atoms with van der Waals surface area (Å²) in [7, 11) is 1.73. The van der Waals surface area contributed by atoms with E-state index in [1.54, 1.807) is 7.11 Å². The maximum absolute atomic E-state index is 5.45. The van der Waals surface area contributed by atoms with E-state index in [4.69, 9.17) is 4.74 Å². The molecule has 2 heterocycles. The predicted octanol–water partition coefficient (Wildman–Crippen LogP) is 2.59. The van der Waals surface area contributed by atoms with Gasteiger partial charge >= 0.3 is 0 Å². The first-order valence-electron chi connectivity index (χ1n) is 6.39. The van der Waals surface area contributed by atoms with Crippen molar-refractivity contribution in [2.45, 2.75) is 6.42 Å². The van der Waals surface area contributed by atoms with Gasteiger partial charge in [-0.1, -0.05) is 18.2 Å². The molecule has 0 fully saturated rings. The quantitative estimate of drug-likeness (QED) is 0.835. The van der Waals surface area contributed by atoms with E-state index in [-0.39, 0.29) is 0 Å². The van der Waals surface area contributed by atoms with Gasteiger partial charge in [0, 0.05) is 36.7 Å². The number of rotatable bonds is 4. The number of hydrogen-bond acceptors (Lipinski definition) is 2. The molecule has 1 aromatic heterocycles. The highest BCUT2D eigenvalue weighted by Gasteiger charge is 2.11. The van der Waals surface area contributed by atoms with Gasteiger partial charge in [-0.15, -0.1) is 0 Å². The summed E-state index contributed by atoms with van der Waals surface area (Å²) >= 11 is 0. The highest BCUT2D eigenvalue weighted by atomic mass is 16.5. The Bertz CT molecular complexity index is 563. The lowest BCUT2D eigenvalue weighted by Gasteiger charge is -2.14. The first kappa shape index (κ1) is 11.4. The number of aromatic amines is 1. The van der Waals surface area contributed by atoms with Gasteiger partial charge in [0.05, 0.1) is 7.11 Å². The summed E-state index contributed by atoms with van der Waals surface area (Å²) in [6.07, 6.45) is 7.63. The molecule has 0 bridgehead atoms. The van der Waals surface area contributed by atoms with Crippen molar-refractivity contribution in [2.24, 2.45) is 0 Å². The Morgan fingerprint density at radius 1 is 1.28 bits per heavy atom. The minimum Gasteiger partial charge on any atom is -0.496 e. The van der Waals surface area contributed by atoms with Crippen LogP contribution in [0.1, 0.15) is 5.56 Å². The normalized spacial score (nSPS) is 15.6. The van der Waals surface area contributed by atoms with Gasteiger partial charge < -0.3 is 9.72 Å². The molecular weight excluding hydrogens is 224 g/mol. The Morgan fingerprint density at radius 3 is 2.89 bits per heavy atom. The van der Waals surface area contributed by atoms with E-state index in [0.717, 1.165) is 37.3 Å². The second kappa shape index (κ2) is 4.86. The fourth-order valence-electron chi connectivity index (χ4n) is 2.57. The molecule has 3 rings (SSSR count). The largest absolute Gasteiger partial charge is 0.496 e. The molecule has 1 aliphatic heterocycles. The smallest absolute Gasteiger partial charge is 0.128 e. The maximum atomic E-state index is 5.45. The van der Waals surface area contributed by atoms with Gasteiger partial charge in [0.1, 0.15) is 5.75 Å². The topological polar surface area (TPSA) is 28.3 Å². The molecular formula is C15H18N2O. The summed E-state index contributed by atoms with van der Waals surface area (Å²) in [5, 5.41) is 1.23. The summed E-state index contributed by atoms with van der Waals surface area (Å²) in [6.45, 7) is 3.26. The molecule has 3 heteroatoms. The summed E-state index contributed by atoms with van der Waals surface area (Å²) < 4.78 is 5.45. The number of hydrogen-bond donors (Lipinski definition) is 1. The number of nitrogens with one attached hydrogen (secondary N) is 1. The van der Waals surface area contributed by atoms with E-state index < -0.39 is 0 Å². The minimum absolute atomic E-state index is 0.961. The molecule has 1 aromatic carbocycles. The van der Waals surface area contributed by atoms with E-state index in [1.165, 1.54) is 10.9 Å². The molecule has 0 unspecified atom stereocenters. The molecule has 0 saturated heterocycles. The predicted molar refractivity (Wildman–Crippen MR) is 74.1 cm³/mol. The van der Waals surface area contributed by atoms with Crippen molar-refractivity contribution >= 4 is 10.9 Å². The van der Waals surface area contributed by atoms with E-state index in [9.17, 15) is 0 Å². The Labute approximate surface area is 107 Å². The van der Waals surface area contributed by atoms with Crippen molar-refractivity contribution < 1.29 is 4.74 Å². The van der Waals surface area contributed by atoms with Crippen LogP contribution in [0.25, 0.3) is 10.9 Å². The first-order chi connectivity index (χ1) is 8.88. The van der Waals surface area contributed by atoms with Crippen LogP contribution in [0, 0.1) is 0 Å². The van der Waals surface area contributed by atoms with Crippen LogP contribution in [0.4, 0.5) is 0 Å². The summed E-state index contributed by atoms with van der Waals surface area (Å²) in [6, 6.07) is 6.14. The second-order valence-corrected chi connectivity index (χ2v) is 4.68. The lowest BCUT2D eigenvalue weighted by atomic mass is 10.1. The Morgan fingerprint density at radius 2 is 2.11 bits per heavy atom. The average molecular weight is 242 g/mol.